The number of thiazole rings is 1. The maximum absolute atomic E-state index is 5.91. The molecule has 0 N–H and O–H groups in total. The Labute approximate surface area is 144 Å². The largest absolute Gasteiger partial charge is 0.439 e. The molecule has 3 heterocycles. The standard InChI is InChI=1S/C18H19N3O2S/c1-13-12-24-18(20-13)16-10-21(7-8-22-16)11-17-19-9-15(23-17)14-5-3-2-4-6-14/h2-6,9,12,16H,7-8,10-11H2,1H3/t16-/m1/s1. The number of aromatic nitrogens is 2. The second-order valence-electron chi connectivity index (χ2n) is 5.91. The van der Waals surface area contributed by atoms with Crippen LogP contribution in [0, 0.1) is 6.92 Å². The van der Waals surface area contributed by atoms with Gasteiger partial charge in [0.25, 0.3) is 0 Å². The summed E-state index contributed by atoms with van der Waals surface area (Å²) in [6, 6.07) is 10.1. The Morgan fingerprint density at radius 3 is 2.96 bits per heavy atom. The van der Waals surface area contributed by atoms with Crippen molar-refractivity contribution in [1.82, 2.24) is 14.9 Å². The Balaban J connectivity index is 1.43. The number of hydrogen-bond donors (Lipinski definition) is 0. The lowest BCUT2D eigenvalue weighted by Gasteiger charge is -2.30. The van der Waals surface area contributed by atoms with Gasteiger partial charge in [0.2, 0.25) is 5.89 Å². The van der Waals surface area contributed by atoms with Crippen LogP contribution < -0.4 is 0 Å². The Morgan fingerprint density at radius 2 is 2.17 bits per heavy atom. The molecule has 5 nitrogen and oxygen atoms in total. The fourth-order valence-corrected chi connectivity index (χ4v) is 3.66. The van der Waals surface area contributed by atoms with E-state index in [1.54, 1.807) is 17.5 Å². The van der Waals surface area contributed by atoms with Crippen LogP contribution in [0.25, 0.3) is 11.3 Å². The lowest BCUT2D eigenvalue weighted by molar-refractivity contribution is -0.0352. The normalized spacial score (nSPS) is 18.8. The van der Waals surface area contributed by atoms with Gasteiger partial charge in [-0.3, -0.25) is 4.90 Å². The fourth-order valence-electron chi connectivity index (χ4n) is 2.83. The van der Waals surface area contributed by atoms with E-state index in [4.69, 9.17) is 9.15 Å². The van der Waals surface area contributed by atoms with Crippen molar-refractivity contribution >= 4 is 11.3 Å². The van der Waals surface area contributed by atoms with Crippen molar-refractivity contribution in [2.75, 3.05) is 19.7 Å². The van der Waals surface area contributed by atoms with E-state index in [0.29, 0.717) is 13.2 Å². The highest BCUT2D eigenvalue weighted by Gasteiger charge is 2.25. The van der Waals surface area contributed by atoms with Crippen LogP contribution in [0.1, 0.15) is 22.7 Å². The Hall–Kier alpha value is -2.02. The third-order valence-corrected chi connectivity index (χ3v) is 5.09. The van der Waals surface area contributed by atoms with E-state index in [1.807, 2.05) is 37.3 Å². The van der Waals surface area contributed by atoms with Gasteiger partial charge in [-0.25, -0.2) is 9.97 Å². The van der Waals surface area contributed by atoms with Gasteiger partial charge in [-0.2, -0.15) is 0 Å². The van der Waals surface area contributed by atoms with Crippen molar-refractivity contribution in [3.05, 3.63) is 58.5 Å². The molecule has 0 unspecified atom stereocenters. The monoisotopic (exact) mass is 341 g/mol. The zero-order valence-corrected chi connectivity index (χ0v) is 14.3. The van der Waals surface area contributed by atoms with Crippen LogP contribution in [0.5, 0.6) is 0 Å². The lowest BCUT2D eigenvalue weighted by Crippen LogP contribution is -2.37. The molecular formula is C18H19N3O2S. The molecule has 124 valence electrons. The third kappa shape index (κ3) is 3.40. The maximum Gasteiger partial charge on any atom is 0.209 e. The topological polar surface area (TPSA) is 51.4 Å². The molecule has 3 aromatic rings. The molecule has 0 radical (unpaired) electrons. The van der Waals surface area contributed by atoms with Gasteiger partial charge in [-0.05, 0) is 6.92 Å². The van der Waals surface area contributed by atoms with E-state index in [2.05, 4.69) is 20.2 Å². The van der Waals surface area contributed by atoms with Crippen molar-refractivity contribution in [3.63, 3.8) is 0 Å². The van der Waals surface area contributed by atoms with Crippen LogP contribution >= 0.6 is 11.3 Å². The highest BCUT2D eigenvalue weighted by Crippen LogP contribution is 2.26. The number of morpholine rings is 1. The highest BCUT2D eigenvalue weighted by atomic mass is 32.1. The van der Waals surface area contributed by atoms with Gasteiger partial charge in [0.1, 0.15) is 11.1 Å². The van der Waals surface area contributed by atoms with Crippen LogP contribution in [-0.2, 0) is 11.3 Å². The maximum atomic E-state index is 5.91. The molecule has 0 spiro atoms. The van der Waals surface area contributed by atoms with Crippen molar-refractivity contribution < 1.29 is 9.15 Å². The molecule has 4 rings (SSSR count). The quantitative estimate of drug-likeness (QED) is 0.724. The second kappa shape index (κ2) is 6.84. The summed E-state index contributed by atoms with van der Waals surface area (Å²) in [4.78, 5) is 11.3. The molecule has 1 fully saturated rings. The number of hydrogen-bond acceptors (Lipinski definition) is 6. The van der Waals surface area contributed by atoms with Gasteiger partial charge >= 0.3 is 0 Å². The molecule has 1 aromatic carbocycles. The molecule has 2 aromatic heterocycles. The summed E-state index contributed by atoms with van der Waals surface area (Å²) in [6.07, 6.45) is 1.84. The molecule has 0 bridgehead atoms. The van der Waals surface area contributed by atoms with E-state index < -0.39 is 0 Å². The van der Waals surface area contributed by atoms with Gasteiger partial charge in [0.15, 0.2) is 5.76 Å². The summed E-state index contributed by atoms with van der Waals surface area (Å²) in [5.74, 6) is 1.55. The van der Waals surface area contributed by atoms with E-state index >= 15 is 0 Å². The van der Waals surface area contributed by atoms with Gasteiger partial charge in [-0.1, -0.05) is 30.3 Å². The summed E-state index contributed by atoms with van der Waals surface area (Å²) in [6.45, 7) is 5.10. The van der Waals surface area contributed by atoms with E-state index in [9.17, 15) is 0 Å². The van der Waals surface area contributed by atoms with Gasteiger partial charge in [0.05, 0.1) is 19.3 Å². The molecule has 6 heteroatoms. The van der Waals surface area contributed by atoms with Crippen LogP contribution in [0.2, 0.25) is 0 Å². The first-order valence-electron chi connectivity index (χ1n) is 8.04. The van der Waals surface area contributed by atoms with Crippen LogP contribution in [0.3, 0.4) is 0 Å². The van der Waals surface area contributed by atoms with E-state index in [-0.39, 0.29) is 6.10 Å². The summed E-state index contributed by atoms with van der Waals surface area (Å²) in [5, 5.41) is 3.12. The molecule has 1 atom stereocenters. The Kier molecular flexibility index (Phi) is 4.42. The van der Waals surface area contributed by atoms with Gasteiger partial charge in [0, 0.05) is 29.7 Å². The Bertz CT molecular complexity index is 799. The number of oxazole rings is 1. The molecule has 1 aliphatic rings. The fraction of sp³-hybridized carbons (Fsp3) is 0.333. The minimum absolute atomic E-state index is 0.0426. The molecular weight excluding hydrogens is 322 g/mol. The first-order valence-corrected chi connectivity index (χ1v) is 8.92. The first kappa shape index (κ1) is 15.5. The summed E-state index contributed by atoms with van der Waals surface area (Å²) >= 11 is 1.66. The number of ether oxygens (including phenoxy) is 1. The minimum Gasteiger partial charge on any atom is -0.439 e. The van der Waals surface area contributed by atoms with Gasteiger partial charge < -0.3 is 9.15 Å². The molecule has 1 aliphatic heterocycles. The van der Waals surface area contributed by atoms with E-state index in [0.717, 1.165) is 41.0 Å². The number of nitrogens with zero attached hydrogens (tertiary/aromatic N) is 3. The smallest absolute Gasteiger partial charge is 0.209 e. The first-order chi connectivity index (χ1) is 11.8. The predicted octanol–water partition coefficient (Wildman–Crippen LogP) is 3.68. The average Bonchev–Trinajstić information content (AvgIpc) is 3.25. The van der Waals surface area contributed by atoms with E-state index in [1.165, 1.54) is 0 Å². The zero-order chi connectivity index (χ0) is 16.4. The van der Waals surface area contributed by atoms with Crippen molar-refractivity contribution in [3.8, 4) is 11.3 Å². The van der Waals surface area contributed by atoms with Gasteiger partial charge in [-0.15, -0.1) is 11.3 Å². The predicted molar refractivity (Wildman–Crippen MR) is 92.8 cm³/mol. The minimum atomic E-state index is 0.0426. The molecule has 0 saturated carbocycles. The molecule has 0 amide bonds. The average molecular weight is 341 g/mol. The van der Waals surface area contributed by atoms with Crippen molar-refractivity contribution in [2.45, 2.75) is 19.6 Å². The zero-order valence-electron chi connectivity index (χ0n) is 13.5. The molecule has 24 heavy (non-hydrogen) atoms. The van der Waals surface area contributed by atoms with Crippen LogP contribution in [-0.4, -0.2) is 34.6 Å². The Morgan fingerprint density at radius 1 is 1.29 bits per heavy atom. The van der Waals surface area contributed by atoms with Crippen molar-refractivity contribution in [2.24, 2.45) is 0 Å². The lowest BCUT2D eigenvalue weighted by atomic mass is 10.2. The third-order valence-electron chi connectivity index (χ3n) is 4.03. The SMILES string of the molecule is Cc1csc([C@H]2CN(Cc3ncc(-c4ccccc4)o3)CCO2)n1. The van der Waals surface area contributed by atoms with Crippen LogP contribution in [0.4, 0.5) is 0 Å². The second-order valence-corrected chi connectivity index (χ2v) is 6.80. The number of benzene rings is 1. The number of rotatable bonds is 4. The summed E-state index contributed by atoms with van der Waals surface area (Å²) < 4.78 is 11.8. The summed E-state index contributed by atoms with van der Waals surface area (Å²) in [5.41, 5.74) is 2.10. The highest BCUT2D eigenvalue weighted by molar-refractivity contribution is 7.09. The summed E-state index contributed by atoms with van der Waals surface area (Å²) in [7, 11) is 0. The van der Waals surface area contributed by atoms with Crippen LogP contribution in [0.15, 0.2) is 46.3 Å². The molecule has 0 aliphatic carbocycles. The number of aryl methyl sites for hydroxylation is 1. The molecule has 1 saturated heterocycles. The van der Waals surface area contributed by atoms with Crippen molar-refractivity contribution in [1.29, 1.82) is 0 Å².